The number of halogens is 2. The smallest absolute Gasteiger partial charge is 0.255 e. The van der Waals surface area contributed by atoms with Crippen LogP contribution < -0.4 is 5.32 Å². The predicted molar refractivity (Wildman–Crippen MR) is 74.1 cm³/mol. The lowest BCUT2D eigenvalue weighted by atomic mass is 10.2. The van der Waals surface area contributed by atoms with Crippen LogP contribution in [-0.2, 0) is 0 Å². The van der Waals surface area contributed by atoms with E-state index < -0.39 is 11.7 Å². The van der Waals surface area contributed by atoms with Crippen molar-refractivity contribution in [3.8, 4) is 0 Å². The van der Waals surface area contributed by atoms with E-state index >= 15 is 0 Å². The summed E-state index contributed by atoms with van der Waals surface area (Å²) in [7, 11) is 0. The molecule has 2 heterocycles. The number of carbonyl (C=O) groups excluding carboxylic acids is 1. The van der Waals surface area contributed by atoms with Gasteiger partial charge in [0.05, 0.1) is 17.8 Å². The fourth-order valence-electron chi connectivity index (χ4n) is 1.61. The van der Waals surface area contributed by atoms with Gasteiger partial charge >= 0.3 is 0 Å². The number of aromatic nitrogens is 1. The van der Waals surface area contributed by atoms with Crippen LogP contribution in [0.15, 0.2) is 24.4 Å². The minimum absolute atomic E-state index is 0.00606. The molecule has 0 radical (unpaired) electrons. The van der Waals surface area contributed by atoms with Crippen molar-refractivity contribution >= 4 is 28.8 Å². The van der Waals surface area contributed by atoms with Crippen molar-refractivity contribution in [3.63, 3.8) is 0 Å². The van der Waals surface area contributed by atoms with Gasteiger partial charge in [-0.25, -0.2) is 9.37 Å². The molecule has 100 valence electrons. The molecule has 0 bridgehead atoms. The van der Waals surface area contributed by atoms with E-state index in [0.717, 1.165) is 17.1 Å². The van der Waals surface area contributed by atoms with Crippen molar-refractivity contribution in [2.45, 2.75) is 19.9 Å². The fourth-order valence-corrected chi connectivity index (χ4v) is 2.68. The Bertz CT molecular complexity index is 614. The number of hydrogen-bond donors (Lipinski definition) is 1. The van der Waals surface area contributed by atoms with Gasteiger partial charge < -0.3 is 5.32 Å². The summed E-state index contributed by atoms with van der Waals surface area (Å²) in [6.45, 7) is 3.86. The van der Waals surface area contributed by atoms with Crippen molar-refractivity contribution < 1.29 is 9.18 Å². The Balaban J connectivity index is 2.15. The molecule has 0 fully saturated rings. The first-order chi connectivity index (χ1) is 8.97. The van der Waals surface area contributed by atoms with Crippen LogP contribution in [0.3, 0.4) is 0 Å². The quantitative estimate of drug-likeness (QED) is 0.877. The van der Waals surface area contributed by atoms with Crippen LogP contribution in [0.25, 0.3) is 0 Å². The van der Waals surface area contributed by atoms with Crippen molar-refractivity contribution in [1.82, 2.24) is 10.3 Å². The van der Waals surface area contributed by atoms with E-state index in [1.54, 1.807) is 11.3 Å². The SMILES string of the molecule is Cc1ccc(C(C)NC(=O)c2cc(F)cnc2Cl)s1. The molecule has 1 atom stereocenters. The third-order valence-corrected chi connectivity index (χ3v) is 4.07. The summed E-state index contributed by atoms with van der Waals surface area (Å²) in [4.78, 5) is 17.8. The topological polar surface area (TPSA) is 42.0 Å². The first-order valence-corrected chi connectivity index (χ1v) is 6.85. The zero-order chi connectivity index (χ0) is 14.0. The maximum absolute atomic E-state index is 13.1. The number of nitrogens with zero attached hydrogens (tertiary/aromatic N) is 1. The lowest BCUT2D eigenvalue weighted by Crippen LogP contribution is -2.26. The summed E-state index contributed by atoms with van der Waals surface area (Å²) < 4.78 is 13.1. The monoisotopic (exact) mass is 298 g/mol. The van der Waals surface area contributed by atoms with Gasteiger partial charge in [0.2, 0.25) is 0 Å². The highest BCUT2D eigenvalue weighted by Gasteiger charge is 2.16. The van der Waals surface area contributed by atoms with Crippen LogP contribution in [0.1, 0.15) is 33.1 Å². The molecule has 2 aromatic rings. The summed E-state index contributed by atoms with van der Waals surface area (Å²) in [5.41, 5.74) is 0.0433. The number of rotatable bonds is 3. The Morgan fingerprint density at radius 2 is 2.26 bits per heavy atom. The van der Waals surface area contributed by atoms with Crippen LogP contribution in [-0.4, -0.2) is 10.9 Å². The summed E-state index contributed by atoms with van der Waals surface area (Å²) in [6.07, 6.45) is 0.977. The van der Waals surface area contributed by atoms with Gasteiger partial charge in [0.15, 0.2) is 0 Å². The molecule has 0 aliphatic rings. The standard InChI is InChI=1S/C13H12ClFN2OS/c1-7-3-4-11(19-7)8(2)17-13(18)10-5-9(15)6-16-12(10)14/h3-6,8H,1-2H3,(H,17,18). The average molecular weight is 299 g/mol. The first kappa shape index (κ1) is 14.0. The van der Waals surface area contributed by atoms with Crippen LogP contribution in [0.4, 0.5) is 4.39 Å². The maximum Gasteiger partial charge on any atom is 0.255 e. The lowest BCUT2D eigenvalue weighted by molar-refractivity contribution is 0.0940. The van der Waals surface area contributed by atoms with Crippen LogP contribution in [0.2, 0.25) is 5.15 Å². The first-order valence-electron chi connectivity index (χ1n) is 5.65. The van der Waals surface area contributed by atoms with Gasteiger partial charge in [-0.1, -0.05) is 11.6 Å². The summed E-state index contributed by atoms with van der Waals surface area (Å²) in [5.74, 6) is -1.02. The predicted octanol–water partition coefficient (Wildman–Crippen LogP) is 3.74. The lowest BCUT2D eigenvalue weighted by Gasteiger charge is -2.12. The van der Waals surface area contributed by atoms with E-state index in [0.29, 0.717) is 0 Å². The summed E-state index contributed by atoms with van der Waals surface area (Å²) >= 11 is 7.39. The molecule has 0 aliphatic carbocycles. The van der Waals surface area contributed by atoms with E-state index in [4.69, 9.17) is 11.6 Å². The second-order valence-electron chi connectivity index (χ2n) is 4.14. The second kappa shape index (κ2) is 5.67. The van der Waals surface area contributed by atoms with Crippen LogP contribution in [0.5, 0.6) is 0 Å². The highest BCUT2D eigenvalue weighted by atomic mass is 35.5. The molecule has 1 N–H and O–H groups in total. The van der Waals surface area contributed by atoms with Crippen molar-refractivity contribution in [1.29, 1.82) is 0 Å². The highest BCUT2D eigenvalue weighted by Crippen LogP contribution is 2.23. The number of amides is 1. The Morgan fingerprint density at radius 3 is 2.89 bits per heavy atom. The molecular formula is C13H12ClFN2OS. The third kappa shape index (κ3) is 3.30. The zero-order valence-corrected chi connectivity index (χ0v) is 12.0. The molecule has 0 aliphatic heterocycles. The number of nitrogens with one attached hydrogen (secondary N) is 1. The molecule has 3 nitrogen and oxygen atoms in total. The molecule has 1 amide bonds. The highest BCUT2D eigenvalue weighted by molar-refractivity contribution is 7.12. The van der Waals surface area contributed by atoms with E-state index in [1.807, 2.05) is 26.0 Å². The molecule has 6 heteroatoms. The number of pyridine rings is 1. The minimum Gasteiger partial charge on any atom is -0.345 e. The van der Waals surface area contributed by atoms with Crippen LogP contribution >= 0.6 is 22.9 Å². The van der Waals surface area contributed by atoms with E-state index in [9.17, 15) is 9.18 Å². The Hall–Kier alpha value is -1.46. The number of aryl methyl sites for hydroxylation is 1. The third-order valence-electron chi connectivity index (χ3n) is 2.59. The Labute approximate surface area is 119 Å². The molecule has 0 saturated carbocycles. The fraction of sp³-hybridized carbons (Fsp3) is 0.231. The van der Waals surface area contributed by atoms with Gasteiger partial charge in [-0.3, -0.25) is 4.79 Å². The van der Waals surface area contributed by atoms with E-state index in [2.05, 4.69) is 10.3 Å². The molecule has 2 aromatic heterocycles. The van der Waals surface area contributed by atoms with E-state index in [1.165, 1.54) is 4.88 Å². The molecule has 1 unspecified atom stereocenters. The van der Waals surface area contributed by atoms with Gasteiger partial charge in [-0.2, -0.15) is 0 Å². The Morgan fingerprint density at radius 1 is 1.53 bits per heavy atom. The largest absolute Gasteiger partial charge is 0.345 e. The van der Waals surface area contributed by atoms with Crippen molar-refractivity contribution in [2.24, 2.45) is 0 Å². The van der Waals surface area contributed by atoms with Gasteiger partial charge in [-0.15, -0.1) is 11.3 Å². The Kier molecular flexibility index (Phi) is 4.17. The molecule has 19 heavy (non-hydrogen) atoms. The normalized spacial score (nSPS) is 12.2. The van der Waals surface area contributed by atoms with Crippen LogP contribution in [0, 0.1) is 12.7 Å². The van der Waals surface area contributed by atoms with Gasteiger partial charge in [0, 0.05) is 9.75 Å². The maximum atomic E-state index is 13.1. The van der Waals surface area contributed by atoms with Crippen molar-refractivity contribution in [2.75, 3.05) is 0 Å². The van der Waals surface area contributed by atoms with Crippen molar-refractivity contribution in [3.05, 3.63) is 50.7 Å². The van der Waals surface area contributed by atoms with Gasteiger partial charge in [-0.05, 0) is 32.0 Å². The summed E-state index contributed by atoms with van der Waals surface area (Å²) in [5, 5.41) is 2.77. The number of thiophene rings is 1. The van der Waals surface area contributed by atoms with E-state index in [-0.39, 0.29) is 16.8 Å². The minimum atomic E-state index is -0.589. The molecular weight excluding hydrogens is 287 g/mol. The summed E-state index contributed by atoms with van der Waals surface area (Å²) in [6, 6.07) is 4.86. The molecule has 0 aromatic carbocycles. The second-order valence-corrected chi connectivity index (χ2v) is 5.81. The zero-order valence-electron chi connectivity index (χ0n) is 10.4. The molecule has 0 saturated heterocycles. The molecule has 2 rings (SSSR count). The molecule has 0 spiro atoms. The average Bonchev–Trinajstić information content (AvgIpc) is 2.79. The number of carbonyl (C=O) groups is 1. The van der Waals surface area contributed by atoms with Gasteiger partial charge in [0.25, 0.3) is 5.91 Å². The number of hydrogen-bond acceptors (Lipinski definition) is 3. The van der Waals surface area contributed by atoms with Gasteiger partial charge in [0.1, 0.15) is 11.0 Å².